The minimum atomic E-state index is -0.639. The Kier molecular flexibility index (Phi) is 7.91. The molecule has 6 heteroatoms. The van der Waals surface area contributed by atoms with E-state index in [4.69, 9.17) is 9.47 Å². The lowest BCUT2D eigenvalue weighted by molar-refractivity contribution is -0.148. The van der Waals surface area contributed by atoms with Crippen LogP contribution in [-0.2, 0) is 9.53 Å². The molecule has 1 aliphatic heterocycles. The molecule has 1 aliphatic rings. The van der Waals surface area contributed by atoms with Crippen LogP contribution < -0.4 is 4.74 Å². The summed E-state index contributed by atoms with van der Waals surface area (Å²) in [5.41, 5.74) is 2.54. The number of amides is 1. The van der Waals surface area contributed by atoms with Gasteiger partial charge in [-0.2, -0.15) is 0 Å². The largest absolute Gasteiger partial charge is 0.464 e. The first-order valence-corrected chi connectivity index (χ1v) is 12.6. The number of carbonyl (C=O) groups is 2. The average molecular weight is 476 g/mol. The van der Waals surface area contributed by atoms with Gasteiger partial charge in [-0.15, -0.1) is 11.8 Å². The number of unbranched alkanes of at least 4 members (excludes halogenated alkanes) is 1. The molecule has 3 aromatic rings. The van der Waals surface area contributed by atoms with Crippen LogP contribution in [0.2, 0.25) is 0 Å². The van der Waals surface area contributed by atoms with Crippen molar-refractivity contribution in [2.45, 2.75) is 38.1 Å². The molecule has 0 aromatic heterocycles. The average Bonchev–Trinajstić information content (AvgIpc) is 3.30. The third kappa shape index (κ3) is 5.62. The lowest BCUT2D eigenvalue weighted by Crippen LogP contribution is -2.44. The summed E-state index contributed by atoms with van der Waals surface area (Å²) in [6.07, 6.45) is 1.75. The Bertz CT molecular complexity index is 1120. The molecule has 1 saturated heterocycles. The third-order valence-corrected chi connectivity index (χ3v) is 6.99. The van der Waals surface area contributed by atoms with E-state index in [1.54, 1.807) is 16.7 Å². The fourth-order valence-electron chi connectivity index (χ4n) is 3.81. The smallest absolute Gasteiger partial charge is 0.329 e. The number of nitrogens with zero attached hydrogens (tertiary/aromatic N) is 1. The number of benzene rings is 3. The van der Waals surface area contributed by atoms with Crippen LogP contribution in [0, 0.1) is 6.92 Å². The van der Waals surface area contributed by atoms with Crippen molar-refractivity contribution in [2.24, 2.45) is 0 Å². The molecule has 1 amide bonds. The molecule has 1 heterocycles. The van der Waals surface area contributed by atoms with Gasteiger partial charge in [0.25, 0.3) is 5.91 Å². The number of thioether (sulfide) groups is 1. The first-order chi connectivity index (χ1) is 16.6. The number of hydrogen-bond donors (Lipinski definition) is 0. The Balaban J connectivity index is 1.62. The van der Waals surface area contributed by atoms with Crippen LogP contribution in [0.25, 0.3) is 0 Å². The van der Waals surface area contributed by atoms with Crippen LogP contribution in [-0.4, -0.2) is 35.2 Å². The molecule has 4 rings (SSSR count). The van der Waals surface area contributed by atoms with Crippen LogP contribution in [0.1, 0.15) is 46.6 Å². The fraction of sp³-hybridized carbons (Fsp3) is 0.286. The summed E-state index contributed by atoms with van der Waals surface area (Å²) < 4.78 is 11.5. The second-order valence-corrected chi connectivity index (χ2v) is 9.40. The number of carbonyl (C=O) groups excluding carboxylic acids is 2. The molecule has 3 aromatic carbocycles. The summed E-state index contributed by atoms with van der Waals surface area (Å²) in [6.45, 7) is 4.40. The quantitative estimate of drug-likeness (QED) is 0.279. The molecule has 0 spiro atoms. The highest BCUT2D eigenvalue weighted by Crippen LogP contribution is 2.43. The molecule has 0 aliphatic carbocycles. The van der Waals surface area contributed by atoms with Crippen molar-refractivity contribution < 1.29 is 19.1 Å². The van der Waals surface area contributed by atoms with E-state index in [1.807, 2.05) is 92.7 Å². The van der Waals surface area contributed by atoms with E-state index in [2.05, 4.69) is 0 Å². The van der Waals surface area contributed by atoms with Gasteiger partial charge in [-0.3, -0.25) is 4.79 Å². The molecular weight excluding hydrogens is 446 g/mol. The Hall–Kier alpha value is -3.25. The van der Waals surface area contributed by atoms with Crippen molar-refractivity contribution >= 4 is 23.6 Å². The zero-order chi connectivity index (χ0) is 23.9. The lowest BCUT2D eigenvalue weighted by Gasteiger charge is -2.29. The Morgan fingerprint density at radius 3 is 2.44 bits per heavy atom. The predicted octanol–water partition coefficient (Wildman–Crippen LogP) is 6.39. The van der Waals surface area contributed by atoms with Crippen molar-refractivity contribution in [3.63, 3.8) is 0 Å². The van der Waals surface area contributed by atoms with Gasteiger partial charge in [-0.25, -0.2) is 4.79 Å². The van der Waals surface area contributed by atoms with E-state index in [0.717, 1.165) is 29.7 Å². The maximum absolute atomic E-state index is 13.6. The maximum atomic E-state index is 13.6. The van der Waals surface area contributed by atoms with Gasteiger partial charge < -0.3 is 14.4 Å². The summed E-state index contributed by atoms with van der Waals surface area (Å²) >= 11 is 1.57. The van der Waals surface area contributed by atoms with Gasteiger partial charge in [0, 0.05) is 11.3 Å². The van der Waals surface area contributed by atoms with E-state index >= 15 is 0 Å². The van der Waals surface area contributed by atoms with Gasteiger partial charge in [0.2, 0.25) is 0 Å². The SMILES string of the molecule is CCCCOC(=O)C1CSC(c2cccc(Oc3ccccc3)c2)N1C(=O)c1ccc(C)cc1. The first-order valence-electron chi connectivity index (χ1n) is 11.6. The summed E-state index contributed by atoms with van der Waals surface area (Å²) in [5.74, 6) is 1.38. The summed E-state index contributed by atoms with van der Waals surface area (Å²) in [4.78, 5) is 28.3. The third-order valence-electron chi connectivity index (χ3n) is 5.67. The summed E-state index contributed by atoms with van der Waals surface area (Å²) in [5, 5.41) is -0.322. The monoisotopic (exact) mass is 475 g/mol. The number of aryl methyl sites for hydroxylation is 1. The molecule has 2 unspecified atom stereocenters. The fourth-order valence-corrected chi connectivity index (χ4v) is 5.21. The minimum absolute atomic E-state index is 0.179. The second-order valence-electron chi connectivity index (χ2n) is 8.29. The zero-order valence-corrected chi connectivity index (χ0v) is 20.3. The summed E-state index contributed by atoms with van der Waals surface area (Å²) in [6, 6.07) is 24.1. The molecule has 34 heavy (non-hydrogen) atoms. The number of para-hydroxylation sites is 1. The molecule has 0 radical (unpaired) electrons. The van der Waals surface area contributed by atoms with E-state index in [9.17, 15) is 9.59 Å². The van der Waals surface area contributed by atoms with E-state index in [-0.39, 0.29) is 17.3 Å². The number of rotatable bonds is 8. The van der Waals surface area contributed by atoms with Crippen molar-refractivity contribution in [1.29, 1.82) is 0 Å². The number of hydrogen-bond acceptors (Lipinski definition) is 5. The molecular formula is C28H29NO4S. The Labute approximate surface area is 205 Å². The molecule has 1 fully saturated rings. The van der Waals surface area contributed by atoms with Crippen molar-refractivity contribution in [3.8, 4) is 11.5 Å². The predicted molar refractivity (Wildman–Crippen MR) is 135 cm³/mol. The topological polar surface area (TPSA) is 55.8 Å². The first kappa shape index (κ1) is 23.9. The zero-order valence-electron chi connectivity index (χ0n) is 19.5. The Morgan fingerprint density at radius 2 is 1.71 bits per heavy atom. The second kappa shape index (κ2) is 11.3. The van der Waals surface area contributed by atoms with Gasteiger partial charge >= 0.3 is 5.97 Å². The van der Waals surface area contributed by atoms with Gasteiger partial charge in [0.15, 0.2) is 0 Å². The highest BCUT2D eigenvalue weighted by molar-refractivity contribution is 7.99. The van der Waals surface area contributed by atoms with Gasteiger partial charge in [0.1, 0.15) is 22.9 Å². The highest BCUT2D eigenvalue weighted by atomic mass is 32.2. The molecule has 0 saturated carbocycles. The summed E-state index contributed by atoms with van der Waals surface area (Å²) in [7, 11) is 0. The highest BCUT2D eigenvalue weighted by Gasteiger charge is 2.43. The Morgan fingerprint density at radius 1 is 0.971 bits per heavy atom. The van der Waals surface area contributed by atoms with E-state index < -0.39 is 6.04 Å². The number of esters is 1. The molecule has 0 bridgehead atoms. The van der Waals surface area contributed by atoms with Crippen LogP contribution in [0.4, 0.5) is 0 Å². The van der Waals surface area contributed by atoms with E-state index in [0.29, 0.717) is 23.7 Å². The maximum Gasteiger partial charge on any atom is 0.329 e. The van der Waals surface area contributed by atoms with Crippen LogP contribution in [0.15, 0.2) is 78.9 Å². The molecule has 176 valence electrons. The molecule has 5 nitrogen and oxygen atoms in total. The number of ether oxygens (including phenoxy) is 2. The molecule has 2 atom stereocenters. The standard InChI is InChI=1S/C28H29NO4S/c1-3-4-17-32-28(31)25-19-34-27(29(25)26(30)21-15-13-20(2)14-16-21)22-9-8-12-24(18-22)33-23-10-6-5-7-11-23/h5-16,18,25,27H,3-4,17,19H2,1-2H3. The minimum Gasteiger partial charge on any atom is -0.464 e. The van der Waals surface area contributed by atoms with Crippen molar-refractivity contribution in [3.05, 3.63) is 95.6 Å². The van der Waals surface area contributed by atoms with Crippen molar-refractivity contribution in [1.82, 2.24) is 4.90 Å². The van der Waals surface area contributed by atoms with Gasteiger partial charge in [-0.05, 0) is 55.3 Å². The lowest BCUT2D eigenvalue weighted by atomic mass is 10.1. The normalized spacial score (nSPS) is 17.4. The molecule has 0 N–H and O–H groups in total. The van der Waals surface area contributed by atoms with Gasteiger partial charge in [-0.1, -0.05) is 61.4 Å². The van der Waals surface area contributed by atoms with Crippen LogP contribution in [0.3, 0.4) is 0 Å². The van der Waals surface area contributed by atoms with Gasteiger partial charge in [0.05, 0.1) is 6.61 Å². The van der Waals surface area contributed by atoms with E-state index in [1.165, 1.54) is 0 Å². The van der Waals surface area contributed by atoms with Crippen molar-refractivity contribution in [2.75, 3.05) is 12.4 Å². The van der Waals surface area contributed by atoms with Crippen LogP contribution in [0.5, 0.6) is 11.5 Å². The van der Waals surface area contributed by atoms with Crippen LogP contribution >= 0.6 is 11.8 Å².